The Bertz CT molecular complexity index is 703. The third-order valence-electron chi connectivity index (χ3n) is 3.91. The van der Waals surface area contributed by atoms with Crippen molar-refractivity contribution in [2.45, 2.75) is 25.3 Å². The number of benzene rings is 1. The lowest BCUT2D eigenvalue weighted by Gasteiger charge is -2.20. The average Bonchev–Trinajstić information content (AvgIpc) is 2.67. The summed E-state index contributed by atoms with van der Waals surface area (Å²) in [6, 6.07) is 7.29. The minimum Gasteiger partial charge on any atom is -0.484 e. The highest BCUT2D eigenvalue weighted by Gasteiger charge is 2.18. The van der Waals surface area contributed by atoms with Gasteiger partial charge in [0.25, 0.3) is 5.91 Å². The maximum atomic E-state index is 12.8. The molecule has 7 heteroatoms. The second-order valence-corrected chi connectivity index (χ2v) is 5.84. The van der Waals surface area contributed by atoms with Crippen molar-refractivity contribution in [2.75, 3.05) is 19.8 Å². The van der Waals surface area contributed by atoms with Gasteiger partial charge in [-0.3, -0.25) is 4.79 Å². The molecule has 2 aromatic rings. The van der Waals surface area contributed by atoms with Gasteiger partial charge in [-0.15, -0.1) is 0 Å². The highest BCUT2D eigenvalue weighted by molar-refractivity contribution is 5.77. The summed E-state index contributed by atoms with van der Waals surface area (Å²) in [4.78, 5) is 20.7. The van der Waals surface area contributed by atoms with Gasteiger partial charge in [-0.25, -0.2) is 14.4 Å². The molecule has 1 amide bonds. The number of nitrogens with one attached hydrogen (secondary N) is 1. The highest BCUT2D eigenvalue weighted by atomic mass is 19.1. The van der Waals surface area contributed by atoms with Crippen molar-refractivity contribution in [1.82, 2.24) is 15.3 Å². The average molecular weight is 345 g/mol. The molecule has 0 bridgehead atoms. The van der Waals surface area contributed by atoms with Gasteiger partial charge in [0.05, 0.1) is 18.8 Å². The van der Waals surface area contributed by atoms with Crippen LogP contribution in [0, 0.1) is 5.82 Å². The summed E-state index contributed by atoms with van der Waals surface area (Å²) in [5.74, 6) is 0.795. The number of halogens is 1. The molecule has 1 saturated heterocycles. The molecule has 0 radical (unpaired) electrons. The van der Waals surface area contributed by atoms with E-state index in [1.54, 1.807) is 12.3 Å². The van der Waals surface area contributed by atoms with Crippen molar-refractivity contribution < 1.29 is 18.7 Å². The molecule has 6 nitrogen and oxygen atoms in total. The summed E-state index contributed by atoms with van der Waals surface area (Å²) >= 11 is 0. The largest absolute Gasteiger partial charge is 0.484 e. The van der Waals surface area contributed by atoms with E-state index in [0.717, 1.165) is 31.0 Å². The number of carbonyl (C=O) groups is 1. The normalized spacial score (nSPS) is 17.1. The van der Waals surface area contributed by atoms with E-state index in [0.29, 0.717) is 18.9 Å². The van der Waals surface area contributed by atoms with Gasteiger partial charge in [-0.2, -0.15) is 0 Å². The van der Waals surface area contributed by atoms with Gasteiger partial charge in [0, 0.05) is 18.7 Å². The predicted octanol–water partition coefficient (Wildman–Crippen LogP) is 2.20. The molecule has 3 rings (SSSR count). The molecular formula is C18H20FN3O3. The van der Waals surface area contributed by atoms with E-state index in [4.69, 9.17) is 9.47 Å². The molecule has 0 spiro atoms. The minimum atomic E-state index is -0.347. The molecule has 1 atom stereocenters. The van der Waals surface area contributed by atoms with E-state index in [-0.39, 0.29) is 24.2 Å². The molecule has 25 heavy (non-hydrogen) atoms. The van der Waals surface area contributed by atoms with Crippen LogP contribution >= 0.6 is 0 Å². The first kappa shape index (κ1) is 17.3. The van der Waals surface area contributed by atoms with Crippen molar-refractivity contribution >= 4 is 5.91 Å². The molecule has 2 heterocycles. The van der Waals surface area contributed by atoms with Crippen molar-refractivity contribution in [3.63, 3.8) is 0 Å². The smallest absolute Gasteiger partial charge is 0.258 e. The molecule has 1 aromatic heterocycles. The van der Waals surface area contributed by atoms with Gasteiger partial charge >= 0.3 is 0 Å². The zero-order chi connectivity index (χ0) is 17.5. The van der Waals surface area contributed by atoms with Gasteiger partial charge in [0.1, 0.15) is 17.4 Å². The lowest BCUT2D eigenvalue weighted by Crippen LogP contribution is -2.29. The first-order valence-electron chi connectivity index (χ1n) is 8.25. The van der Waals surface area contributed by atoms with Crippen molar-refractivity contribution in [2.24, 2.45) is 0 Å². The number of hydrogen-bond acceptors (Lipinski definition) is 5. The molecule has 1 aliphatic rings. The van der Waals surface area contributed by atoms with Crippen LogP contribution in [0.15, 0.2) is 36.5 Å². The number of amides is 1. The Morgan fingerprint density at radius 1 is 1.32 bits per heavy atom. The zero-order valence-electron chi connectivity index (χ0n) is 13.8. The number of carbonyl (C=O) groups excluding carboxylic acids is 1. The van der Waals surface area contributed by atoms with E-state index in [9.17, 15) is 9.18 Å². The number of ether oxygens (including phenoxy) is 2. The van der Waals surface area contributed by atoms with Crippen molar-refractivity contribution in [1.29, 1.82) is 0 Å². The fourth-order valence-corrected chi connectivity index (χ4v) is 2.57. The first-order valence-corrected chi connectivity index (χ1v) is 8.25. The fraction of sp³-hybridized carbons (Fsp3) is 0.389. The van der Waals surface area contributed by atoms with Gasteiger partial charge < -0.3 is 14.8 Å². The van der Waals surface area contributed by atoms with Crippen LogP contribution in [-0.4, -0.2) is 35.7 Å². The summed E-state index contributed by atoms with van der Waals surface area (Å²) in [5, 5.41) is 2.75. The Balaban J connectivity index is 1.47. The van der Waals surface area contributed by atoms with Crippen molar-refractivity contribution in [3.05, 3.63) is 53.9 Å². The third kappa shape index (κ3) is 5.22. The molecule has 1 N–H and O–H groups in total. The van der Waals surface area contributed by atoms with Crippen LogP contribution in [0.2, 0.25) is 0 Å². The Hall–Kier alpha value is -2.54. The van der Waals surface area contributed by atoms with Crippen LogP contribution in [-0.2, 0) is 16.1 Å². The summed E-state index contributed by atoms with van der Waals surface area (Å²) in [5.41, 5.74) is 0.741. The number of hydrogen-bond donors (Lipinski definition) is 1. The fourth-order valence-electron chi connectivity index (χ4n) is 2.57. The molecule has 132 valence electrons. The minimum absolute atomic E-state index is 0.139. The summed E-state index contributed by atoms with van der Waals surface area (Å²) in [6.45, 7) is 1.59. The van der Waals surface area contributed by atoms with E-state index >= 15 is 0 Å². The van der Waals surface area contributed by atoms with Gasteiger partial charge in [0.15, 0.2) is 6.61 Å². The van der Waals surface area contributed by atoms with Crippen LogP contribution in [0.1, 0.15) is 30.3 Å². The lowest BCUT2D eigenvalue weighted by atomic mass is 10.0. The topological polar surface area (TPSA) is 73.3 Å². The summed E-state index contributed by atoms with van der Waals surface area (Å²) < 4.78 is 23.6. The summed E-state index contributed by atoms with van der Waals surface area (Å²) in [7, 11) is 0. The molecule has 1 fully saturated rings. The van der Waals surface area contributed by atoms with E-state index < -0.39 is 0 Å². The molecule has 0 saturated carbocycles. The molecule has 1 aliphatic heterocycles. The molecule has 1 aromatic carbocycles. The standard InChI is InChI=1S/C18H20FN3O3/c19-14-3-5-16(6-4-14)25-12-17(23)21-10-15-7-8-20-18(22-15)13-2-1-9-24-11-13/h3-8,13H,1-2,9-12H2,(H,21,23)/t13-/m1/s1. The molecular weight excluding hydrogens is 325 g/mol. The van der Waals surface area contributed by atoms with Crippen LogP contribution < -0.4 is 10.1 Å². The van der Waals surface area contributed by atoms with E-state index in [2.05, 4.69) is 15.3 Å². The quantitative estimate of drug-likeness (QED) is 0.869. The third-order valence-corrected chi connectivity index (χ3v) is 3.91. The molecule has 0 unspecified atom stereocenters. The SMILES string of the molecule is O=C(COc1ccc(F)cc1)NCc1ccnc([C@@H]2CCCOC2)n1. The predicted molar refractivity (Wildman–Crippen MR) is 88.6 cm³/mol. The van der Waals surface area contributed by atoms with E-state index in [1.165, 1.54) is 24.3 Å². The number of nitrogens with zero attached hydrogens (tertiary/aromatic N) is 2. The number of rotatable bonds is 6. The zero-order valence-corrected chi connectivity index (χ0v) is 13.8. The highest BCUT2D eigenvalue weighted by Crippen LogP contribution is 2.22. The van der Waals surface area contributed by atoms with Crippen LogP contribution in [0.4, 0.5) is 4.39 Å². The maximum Gasteiger partial charge on any atom is 0.258 e. The van der Waals surface area contributed by atoms with Crippen LogP contribution in [0.5, 0.6) is 5.75 Å². The maximum absolute atomic E-state index is 12.8. The van der Waals surface area contributed by atoms with Gasteiger partial charge in [0.2, 0.25) is 0 Å². The second kappa shape index (κ2) is 8.53. The summed E-state index contributed by atoms with van der Waals surface area (Å²) in [6.07, 6.45) is 3.73. The Kier molecular flexibility index (Phi) is 5.90. The second-order valence-electron chi connectivity index (χ2n) is 5.84. The van der Waals surface area contributed by atoms with Crippen LogP contribution in [0.3, 0.4) is 0 Å². The van der Waals surface area contributed by atoms with E-state index in [1.807, 2.05) is 0 Å². The number of aromatic nitrogens is 2. The lowest BCUT2D eigenvalue weighted by molar-refractivity contribution is -0.123. The van der Waals surface area contributed by atoms with Gasteiger partial charge in [-0.05, 0) is 43.2 Å². The Morgan fingerprint density at radius 3 is 2.92 bits per heavy atom. The first-order chi connectivity index (χ1) is 12.2. The molecule has 0 aliphatic carbocycles. The monoisotopic (exact) mass is 345 g/mol. The van der Waals surface area contributed by atoms with Gasteiger partial charge in [-0.1, -0.05) is 0 Å². The van der Waals surface area contributed by atoms with Crippen molar-refractivity contribution in [3.8, 4) is 5.75 Å². The van der Waals surface area contributed by atoms with Crippen LogP contribution in [0.25, 0.3) is 0 Å². The Morgan fingerprint density at radius 2 is 2.16 bits per heavy atom. The Labute approximate surface area is 145 Å².